The van der Waals surface area contributed by atoms with E-state index in [0.29, 0.717) is 22.5 Å². The van der Waals surface area contributed by atoms with Crippen LogP contribution in [0.1, 0.15) is 21.5 Å². The number of hydrogen-bond donors (Lipinski definition) is 4. The van der Waals surface area contributed by atoms with Crippen molar-refractivity contribution in [2.45, 2.75) is 12.0 Å². The van der Waals surface area contributed by atoms with Crippen LogP contribution in [0, 0.1) is 0 Å². The number of fused-ring (bicyclic) bond motifs is 1. The number of anilines is 1. The number of carbonyl (C=O) groups is 2. The summed E-state index contributed by atoms with van der Waals surface area (Å²) in [6.07, 6.45) is 3.65. The molecule has 2 amide bonds. The lowest BCUT2D eigenvalue weighted by molar-refractivity contribution is -0.123. The molecule has 4 rings (SSSR count). The summed E-state index contributed by atoms with van der Waals surface area (Å²) in [5.74, 6) is -0.907. The van der Waals surface area contributed by atoms with Crippen LogP contribution < -0.4 is 16.8 Å². The van der Waals surface area contributed by atoms with Gasteiger partial charge in [-0.3, -0.25) is 9.59 Å². The number of benzene rings is 2. The van der Waals surface area contributed by atoms with Gasteiger partial charge in [0.1, 0.15) is 11.2 Å². The zero-order valence-corrected chi connectivity index (χ0v) is 16.1. The monoisotopic (exact) mass is 399 g/mol. The molecule has 0 aliphatic heterocycles. The van der Waals surface area contributed by atoms with E-state index in [0.717, 1.165) is 10.9 Å². The van der Waals surface area contributed by atoms with Crippen LogP contribution in [0.2, 0.25) is 0 Å². The molecular weight excluding hydrogens is 378 g/mol. The van der Waals surface area contributed by atoms with Gasteiger partial charge in [-0.15, -0.1) is 0 Å². The van der Waals surface area contributed by atoms with E-state index in [4.69, 9.17) is 11.5 Å². The molecule has 30 heavy (non-hydrogen) atoms. The van der Waals surface area contributed by atoms with Gasteiger partial charge in [-0.05, 0) is 35.4 Å². The van der Waals surface area contributed by atoms with Gasteiger partial charge in [-0.1, -0.05) is 42.5 Å². The highest BCUT2D eigenvalue weighted by Crippen LogP contribution is 2.25. The minimum Gasteiger partial charge on any atom is -0.368 e. The van der Waals surface area contributed by atoms with Crippen molar-refractivity contribution < 1.29 is 9.59 Å². The lowest BCUT2D eigenvalue weighted by Gasteiger charge is -2.27. The highest BCUT2D eigenvalue weighted by Gasteiger charge is 2.34. The molecule has 0 saturated carbocycles. The molecule has 7 nitrogen and oxygen atoms in total. The number of primary amides is 1. The number of H-pyrrole nitrogens is 1. The van der Waals surface area contributed by atoms with Crippen LogP contribution in [0.5, 0.6) is 0 Å². The smallest absolute Gasteiger partial charge is 0.255 e. The fourth-order valence-electron chi connectivity index (χ4n) is 3.43. The highest BCUT2D eigenvalue weighted by atomic mass is 16.2. The molecule has 0 radical (unpaired) electrons. The van der Waals surface area contributed by atoms with E-state index < -0.39 is 11.4 Å². The quantitative estimate of drug-likeness (QED) is 0.397. The van der Waals surface area contributed by atoms with Crippen molar-refractivity contribution in [2.24, 2.45) is 11.5 Å². The third kappa shape index (κ3) is 3.66. The molecule has 4 aromatic rings. The SMILES string of the molecule is NC(=O)C(N)(Cc1ccccc1)c1ccc(C(=O)Nc2ccnc3[nH]ccc23)cc1. The van der Waals surface area contributed by atoms with E-state index in [2.05, 4.69) is 15.3 Å². The summed E-state index contributed by atoms with van der Waals surface area (Å²) in [6, 6.07) is 19.6. The Hall–Kier alpha value is -3.97. The van der Waals surface area contributed by atoms with Crippen LogP contribution in [0.4, 0.5) is 5.69 Å². The Balaban J connectivity index is 1.57. The first-order valence-electron chi connectivity index (χ1n) is 9.44. The Morgan fingerprint density at radius 1 is 1.00 bits per heavy atom. The fourth-order valence-corrected chi connectivity index (χ4v) is 3.43. The molecule has 2 aromatic carbocycles. The average molecular weight is 399 g/mol. The van der Waals surface area contributed by atoms with Crippen LogP contribution in [0.25, 0.3) is 11.0 Å². The number of pyridine rings is 1. The molecule has 6 N–H and O–H groups in total. The summed E-state index contributed by atoms with van der Waals surface area (Å²) >= 11 is 0. The van der Waals surface area contributed by atoms with Gasteiger partial charge in [0, 0.05) is 29.8 Å². The number of rotatable bonds is 6. The molecule has 1 atom stereocenters. The first-order valence-corrected chi connectivity index (χ1v) is 9.44. The van der Waals surface area contributed by atoms with Gasteiger partial charge in [-0.25, -0.2) is 4.98 Å². The van der Waals surface area contributed by atoms with Crippen molar-refractivity contribution in [1.29, 1.82) is 0 Å². The zero-order chi connectivity index (χ0) is 21.1. The third-order valence-electron chi connectivity index (χ3n) is 5.14. The molecule has 0 aliphatic carbocycles. The number of aromatic amines is 1. The van der Waals surface area contributed by atoms with Gasteiger partial charge in [0.2, 0.25) is 5.91 Å². The zero-order valence-electron chi connectivity index (χ0n) is 16.1. The van der Waals surface area contributed by atoms with Gasteiger partial charge in [0.05, 0.1) is 5.69 Å². The van der Waals surface area contributed by atoms with E-state index in [-0.39, 0.29) is 12.3 Å². The number of nitrogens with one attached hydrogen (secondary N) is 2. The van der Waals surface area contributed by atoms with E-state index in [1.165, 1.54) is 0 Å². The normalized spacial score (nSPS) is 13.0. The molecule has 0 spiro atoms. The molecule has 0 bridgehead atoms. The van der Waals surface area contributed by atoms with E-state index in [1.54, 1.807) is 42.7 Å². The van der Waals surface area contributed by atoms with Gasteiger partial charge in [-0.2, -0.15) is 0 Å². The summed E-state index contributed by atoms with van der Waals surface area (Å²) in [5.41, 5.74) is 13.9. The first kappa shape index (κ1) is 19.4. The lowest BCUT2D eigenvalue weighted by atomic mass is 9.83. The van der Waals surface area contributed by atoms with Crippen LogP contribution >= 0.6 is 0 Å². The Kier molecular flexibility index (Phi) is 5.04. The van der Waals surface area contributed by atoms with Crippen molar-refractivity contribution in [1.82, 2.24) is 9.97 Å². The molecule has 0 fully saturated rings. The van der Waals surface area contributed by atoms with Gasteiger partial charge >= 0.3 is 0 Å². The molecule has 0 aliphatic rings. The Bertz CT molecular complexity index is 1200. The molecule has 1 unspecified atom stereocenters. The molecular formula is C23H21N5O2. The maximum atomic E-state index is 12.7. The van der Waals surface area contributed by atoms with Crippen molar-refractivity contribution in [3.63, 3.8) is 0 Å². The van der Waals surface area contributed by atoms with Gasteiger partial charge < -0.3 is 21.8 Å². The number of hydrogen-bond acceptors (Lipinski definition) is 4. The molecule has 2 aromatic heterocycles. The standard InChI is InChI=1S/C23H21N5O2/c24-22(30)23(25,14-15-4-2-1-3-5-15)17-8-6-16(7-9-17)21(29)28-19-11-13-27-20-18(19)10-12-26-20/h1-13H,14,25H2,(H2,24,30)(H2,26,27,28,29). The maximum Gasteiger partial charge on any atom is 0.255 e. The van der Waals surface area contributed by atoms with Gasteiger partial charge in [0.15, 0.2) is 0 Å². The van der Waals surface area contributed by atoms with Crippen molar-refractivity contribution in [3.05, 3.63) is 95.8 Å². The maximum absolute atomic E-state index is 12.7. The van der Waals surface area contributed by atoms with Crippen LogP contribution in [0.3, 0.4) is 0 Å². The summed E-state index contributed by atoms with van der Waals surface area (Å²) in [5, 5.41) is 3.71. The van der Waals surface area contributed by atoms with Crippen LogP contribution in [-0.4, -0.2) is 21.8 Å². The summed E-state index contributed by atoms with van der Waals surface area (Å²) < 4.78 is 0. The summed E-state index contributed by atoms with van der Waals surface area (Å²) in [6.45, 7) is 0. The molecule has 150 valence electrons. The topological polar surface area (TPSA) is 127 Å². The summed E-state index contributed by atoms with van der Waals surface area (Å²) in [4.78, 5) is 32.1. The minimum atomic E-state index is -1.38. The second-order valence-corrected chi connectivity index (χ2v) is 7.13. The lowest BCUT2D eigenvalue weighted by Crippen LogP contribution is -2.50. The Morgan fingerprint density at radius 2 is 1.73 bits per heavy atom. The number of carbonyl (C=O) groups excluding carboxylic acids is 2. The predicted molar refractivity (Wildman–Crippen MR) is 116 cm³/mol. The molecule has 2 heterocycles. The molecule has 7 heteroatoms. The number of aromatic nitrogens is 2. The Labute approximate surface area is 173 Å². The van der Waals surface area contributed by atoms with E-state index >= 15 is 0 Å². The fraction of sp³-hybridized carbons (Fsp3) is 0.0870. The first-order chi connectivity index (χ1) is 14.5. The minimum absolute atomic E-state index is 0.261. The van der Waals surface area contributed by atoms with E-state index in [9.17, 15) is 9.59 Å². The van der Waals surface area contributed by atoms with Crippen LogP contribution in [0.15, 0.2) is 79.1 Å². The molecule has 0 saturated heterocycles. The second-order valence-electron chi connectivity index (χ2n) is 7.13. The van der Waals surface area contributed by atoms with Crippen LogP contribution in [-0.2, 0) is 16.8 Å². The number of nitrogens with two attached hydrogens (primary N) is 2. The van der Waals surface area contributed by atoms with E-state index in [1.807, 2.05) is 36.4 Å². The number of nitrogens with zero attached hydrogens (tertiary/aromatic N) is 1. The second kappa shape index (κ2) is 7.81. The van der Waals surface area contributed by atoms with Crippen molar-refractivity contribution in [3.8, 4) is 0 Å². The summed E-state index contributed by atoms with van der Waals surface area (Å²) in [7, 11) is 0. The van der Waals surface area contributed by atoms with Gasteiger partial charge in [0.25, 0.3) is 5.91 Å². The predicted octanol–water partition coefficient (Wildman–Crippen LogP) is 2.70. The number of amides is 2. The highest BCUT2D eigenvalue weighted by molar-refractivity contribution is 6.08. The average Bonchev–Trinajstić information content (AvgIpc) is 3.24. The third-order valence-corrected chi connectivity index (χ3v) is 5.14. The largest absolute Gasteiger partial charge is 0.368 e. The van der Waals surface area contributed by atoms with Crippen molar-refractivity contribution >= 4 is 28.5 Å². The Morgan fingerprint density at radius 3 is 2.43 bits per heavy atom. The van der Waals surface area contributed by atoms with Crippen molar-refractivity contribution in [2.75, 3.05) is 5.32 Å².